The van der Waals surface area contributed by atoms with Crippen molar-refractivity contribution < 1.29 is 22.4 Å². The lowest BCUT2D eigenvalue weighted by molar-refractivity contribution is -0.140. The zero-order valence-electron chi connectivity index (χ0n) is 17.9. The molecule has 0 aliphatic carbocycles. The largest absolute Gasteiger partial charge is 0.357 e. The van der Waals surface area contributed by atoms with Gasteiger partial charge in [-0.25, -0.2) is 12.8 Å². The normalized spacial score (nSPS) is 12.1. The molecule has 0 heterocycles. The van der Waals surface area contributed by atoms with E-state index in [0.717, 1.165) is 16.1 Å². The number of amides is 2. The molecule has 0 radical (unpaired) electrons. The summed E-state index contributed by atoms with van der Waals surface area (Å²) in [6, 6.07) is 13.8. The molecule has 31 heavy (non-hydrogen) atoms. The summed E-state index contributed by atoms with van der Waals surface area (Å²) in [5.41, 5.74) is 1.21. The Morgan fingerprint density at radius 1 is 1.06 bits per heavy atom. The molecule has 0 unspecified atom stereocenters. The van der Waals surface area contributed by atoms with Crippen LogP contribution in [0.15, 0.2) is 54.6 Å². The fraction of sp³-hybridized carbons (Fsp3) is 0.364. The fourth-order valence-corrected chi connectivity index (χ4v) is 4.15. The Hall–Kier alpha value is -2.94. The SMILES string of the molecule is CNC(=O)[C@@H](C)N(Cc1ccccc1)C(=O)CCCN(c1ccc(F)cc1)S(C)(=O)=O. The predicted molar refractivity (Wildman–Crippen MR) is 118 cm³/mol. The highest BCUT2D eigenvalue weighted by atomic mass is 32.2. The Balaban J connectivity index is 2.11. The van der Waals surface area contributed by atoms with Crippen LogP contribution in [0.1, 0.15) is 25.3 Å². The minimum Gasteiger partial charge on any atom is -0.357 e. The van der Waals surface area contributed by atoms with Crippen molar-refractivity contribution >= 4 is 27.5 Å². The second-order valence-corrected chi connectivity index (χ2v) is 9.12. The summed E-state index contributed by atoms with van der Waals surface area (Å²) in [6.45, 7) is 1.98. The molecule has 0 aromatic heterocycles. The van der Waals surface area contributed by atoms with E-state index in [0.29, 0.717) is 5.69 Å². The third-order valence-electron chi connectivity index (χ3n) is 4.88. The molecule has 0 fully saturated rings. The van der Waals surface area contributed by atoms with E-state index in [-0.39, 0.29) is 37.7 Å². The minimum absolute atomic E-state index is 0.0569. The standard InChI is InChI=1S/C22H28FN3O4S/c1-17(22(28)24-2)25(16-18-8-5-4-6-9-18)21(27)10-7-15-26(31(3,29)30)20-13-11-19(23)12-14-20/h4-6,8-9,11-14,17H,7,10,15-16H2,1-3H3,(H,24,28)/t17-/m1/s1. The van der Waals surface area contributed by atoms with Gasteiger partial charge >= 0.3 is 0 Å². The van der Waals surface area contributed by atoms with E-state index in [1.54, 1.807) is 6.92 Å². The average molecular weight is 450 g/mol. The van der Waals surface area contributed by atoms with Crippen LogP contribution in [0, 0.1) is 5.82 Å². The molecule has 9 heteroatoms. The molecule has 0 aliphatic heterocycles. The molecule has 2 rings (SSSR count). The maximum Gasteiger partial charge on any atom is 0.242 e. The number of benzene rings is 2. The molecule has 1 atom stereocenters. The molecular formula is C22H28FN3O4S. The zero-order chi connectivity index (χ0) is 23.0. The maximum absolute atomic E-state index is 13.2. The van der Waals surface area contributed by atoms with Crippen molar-refractivity contribution in [3.8, 4) is 0 Å². The van der Waals surface area contributed by atoms with Gasteiger partial charge in [0.15, 0.2) is 0 Å². The van der Waals surface area contributed by atoms with Crippen molar-refractivity contribution in [1.82, 2.24) is 10.2 Å². The topological polar surface area (TPSA) is 86.8 Å². The van der Waals surface area contributed by atoms with Crippen molar-refractivity contribution in [3.63, 3.8) is 0 Å². The van der Waals surface area contributed by atoms with E-state index in [9.17, 15) is 22.4 Å². The molecule has 2 amide bonds. The van der Waals surface area contributed by atoms with E-state index in [1.165, 1.54) is 36.2 Å². The number of hydrogen-bond acceptors (Lipinski definition) is 4. The Labute approximate surface area is 182 Å². The van der Waals surface area contributed by atoms with Crippen molar-refractivity contribution in [2.75, 3.05) is 24.2 Å². The highest BCUT2D eigenvalue weighted by Crippen LogP contribution is 2.19. The lowest BCUT2D eigenvalue weighted by Crippen LogP contribution is -2.46. The number of rotatable bonds is 10. The summed E-state index contributed by atoms with van der Waals surface area (Å²) in [5.74, 6) is -1.01. The third kappa shape index (κ3) is 7.06. The number of nitrogens with one attached hydrogen (secondary N) is 1. The van der Waals surface area contributed by atoms with Crippen LogP contribution in [0.2, 0.25) is 0 Å². The number of halogens is 1. The molecule has 2 aromatic rings. The van der Waals surface area contributed by atoms with E-state index >= 15 is 0 Å². The second-order valence-electron chi connectivity index (χ2n) is 7.21. The number of carbonyl (C=O) groups is 2. The number of likely N-dealkylation sites (N-methyl/N-ethyl adjacent to an activating group) is 1. The van der Waals surface area contributed by atoms with Gasteiger partial charge in [0.1, 0.15) is 11.9 Å². The van der Waals surface area contributed by atoms with Crippen LogP contribution < -0.4 is 9.62 Å². The van der Waals surface area contributed by atoms with Crippen LogP contribution in [-0.4, -0.2) is 51.0 Å². The quantitative estimate of drug-likeness (QED) is 0.604. The van der Waals surface area contributed by atoms with E-state index in [4.69, 9.17) is 0 Å². The van der Waals surface area contributed by atoms with E-state index in [1.807, 2.05) is 30.3 Å². The van der Waals surface area contributed by atoms with Gasteiger partial charge in [0.2, 0.25) is 21.8 Å². The van der Waals surface area contributed by atoms with Crippen LogP contribution in [0.5, 0.6) is 0 Å². The van der Waals surface area contributed by atoms with Crippen molar-refractivity contribution in [2.24, 2.45) is 0 Å². The number of carbonyl (C=O) groups excluding carboxylic acids is 2. The molecule has 2 aromatic carbocycles. The molecule has 1 N–H and O–H groups in total. The number of nitrogens with zero attached hydrogens (tertiary/aromatic N) is 2. The van der Waals surface area contributed by atoms with E-state index < -0.39 is 21.9 Å². The highest BCUT2D eigenvalue weighted by Gasteiger charge is 2.26. The van der Waals surface area contributed by atoms with Crippen LogP contribution in [0.4, 0.5) is 10.1 Å². The first-order chi connectivity index (χ1) is 14.6. The smallest absolute Gasteiger partial charge is 0.242 e. The van der Waals surface area contributed by atoms with Gasteiger partial charge in [0.05, 0.1) is 11.9 Å². The summed E-state index contributed by atoms with van der Waals surface area (Å²) in [4.78, 5) is 26.6. The van der Waals surface area contributed by atoms with Crippen molar-refractivity contribution in [3.05, 3.63) is 66.0 Å². The van der Waals surface area contributed by atoms with Crippen LogP contribution in [0.3, 0.4) is 0 Å². The molecular weight excluding hydrogens is 421 g/mol. The Kier molecular flexibility index (Phi) is 8.56. The van der Waals surface area contributed by atoms with E-state index in [2.05, 4.69) is 5.32 Å². The van der Waals surface area contributed by atoms with Gasteiger partial charge < -0.3 is 10.2 Å². The minimum atomic E-state index is -3.61. The number of anilines is 1. The number of hydrogen-bond donors (Lipinski definition) is 1. The molecule has 0 spiro atoms. The summed E-state index contributed by atoms with van der Waals surface area (Å²) in [5, 5.41) is 2.56. The first-order valence-electron chi connectivity index (χ1n) is 9.91. The van der Waals surface area contributed by atoms with Crippen molar-refractivity contribution in [1.29, 1.82) is 0 Å². The van der Waals surface area contributed by atoms with Crippen molar-refractivity contribution in [2.45, 2.75) is 32.4 Å². The maximum atomic E-state index is 13.2. The number of sulfonamides is 1. The average Bonchev–Trinajstić information content (AvgIpc) is 2.74. The van der Waals surface area contributed by atoms with Crippen LogP contribution >= 0.6 is 0 Å². The Morgan fingerprint density at radius 2 is 1.68 bits per heavy atom. The van der Waals surface area contributed by atoms with Crippen LogP contribution in [-0.2, 0) is 26.2 Å². The van der Waals surface area contributed by atoms with Gasteiger partial charge in [-0.15, -0.1) is 0 Å². The summed E-state index contributed by atoms with van der Waals surface area (Å²) >= 11 is 0. The first-order valence-corrected chi connectivity index (χ1v) is 11.8. The predicted octanol–water partition coefficient (Wildman–Crippen LogP) is 2.54. The molecule has 168 valence electrons. The van der Waals surface area contributed by atoms with Gasteiger partial charge in [-0.1, -0.05) is 30.3 Å². The Bertz CT molecular complexity index is 982. The Morgan fingerprint density at radius 3 is 2.23 bits per heavy atom. The third-order valence-corrected chi connectivity index (χ3v) is 6.07. The summed E-state index contributed by atoms with van der Waals surface area (Å²) in [6.07, 6.45) is 1.37. The van der Waals surface area contributed by atoms with Gasteiger partial charge in [-0.05, 0) is 43.2 Å². The lowest BCUT2D eigenvalue weighted by Gasteiger charge is -2.29. The highest BCUT2D eigenvalue weighted by molar-refractivity contribution is 7.92. The lowest BCUT2D eigenvalue weighted by atomic mass is 10.1. The summed E-state index contributed by atoms with van der Waals surface area (Å²) in [7, 11) is -2.10. The fourth-order valence-electron chi connectivity index (χ4n) is 3.18. The zero-order valence-corrected chi connectivity index (χ0v) is 18.7. The summed E-state index contributed by atoms with van der Waals surface area (Å²) < 4.78 is 38.7. The second kappa shape index (κ2) is 10.9. The van der Waals surface area contributed by atoms with Crippen LogP contribution in [0.25, 0.3) is 0 Å². The molecule has 0 saturated heterocycles. The molecule has 0 aliphatic rings. The molecule has 7 nitrogen and oxygen atoms in total. The van der Waals surface area contributed by atoms with Gasteiger partial charge in [0.25, 0.3) is 0 Å². The monoisotopic (exact) mass is 449 g/mol. The van der Waals surface area contributed by atoms with Gasteiger partial charge in [-0.3, -0.25) is 13.9 Å². The molecule has 0 saturated carbocycles. The molecule has 0 bridgehead atoms. The van der Waals surface area contributed by atoms with Gasteiger partial charge in [0, 0.05) is 26.6 Å². The van der Waals surface area contributed by atoms with Gasteiger partial charge in [-0.2, -0.15) is 0 Å². The first kappa shape index (κ1) is 24.3.